The Morgan fingerprint density at radius 1 is 1.38 bits per heavy atom. The van der Waals surface area contributed by atoms with Crippen LogP contribution in [0.25, 0.3) is 0 Å². The summed E-state index contributed by atoms with van der Waals surface area (Å²) >= 11 is 0. The normalized spacial score (nSPS) is 16.4. The highest BCUT2D eigenvalue weighted by Crippen LogP contribution is 2.28. The molecule has 0 radical (unpaired) electrons. The molecule has 21 heavy (non-hydrogen) atoms. The van der Waals surface area contributed by atoms with Crippen LogP contribution in [0.4, 0.5) is 0 Å². The minimum Gasteiger partial charge on any atom is -0.488 e. The molecular formula is C15H17N3O3. The predicted molar refractivity (Wildman–Crippen MR) is 74.9 cm³/mol. The summed E-state index contributed by atoms with van der Waals surface area (Å²) in [5, 5.41) is 7.42. The third-order valence-corrected chi connectivity index (χ3v) is 3.68. The van der Waals surface area contributed by atoms with Gasteiger partial charge in [0.25, 0.3) is 0 Å². The second-order valence-electron chi connectivity index (χ2n) is 5.30. The van der Waals surface area contributed by atoms with Gasteiger partial charge in [-0.25, -0.2) is 4.63 Å². The van der Waals surface area contributed by atoms with Crippen LogP contribution in [-0.2, 0) is 17.6 Å². The lowest BCUT2D eigenvalue weighted by atomic mass is 10.1. The van der Waals surface area contributed by atoms with Crippen LogP contribution < -0.4 is 4.74 Å². The Hall–Kier alpha value is -2.37. The van der Waals surface area contributed by atoms with Gasteiger partial charge in [-0.3, -0.25) is 4.79 Å². The van der Waals surface area contributed by atoms with Gasteiger partial charge >= 0.3 is 0 Å². The quantitative estimate of drug-likeness (QED) is 0.850. The van der Waals surface area contributed by atoms with Gasteiger partial charge in [0.15, 0.2) is 0 Å². The maximum Gasteiger partial charge on any atom is 0.228 e. The number of carbonyl (C=O) groups is 1. The number of carbonyl (C=O) groups excluding carboxylic acids is 1. The van der Waals surface area contributed by atoms with Gasteiger partial charge in [0, 0.05) is 13.5 Å². The van der Waals surface area contributed by atoms with Crippen LogP contribution in [0.2, 0.25) is 0 Å². The molecule has 1 aromatic carbocycles. The topological polar surface area (TPSA) is 68.5 Å². The van der Waals surface area contributed by atoms with E-state index in [-0.39, 0.29) is 18.4 Å². The van der Waals surface area contributed by atoms with Crippen molar-refractivity contribution in [3.05, 3.63) is 41.2 Å². The summed E-state index contributed by atoms with van der Waals surface area (Å²) in [7, 11) is 1.78. The molecule has 0 N–H and O–H groups in total. The number of hydrogen-bond donors (Lipinski definition) is 0. The molecule has 0 bridgehead atoms. The highest BCUT2D eigenvalue weighted by atomic mass is 16.6. The summed E-state index contributed by atoms with van der Waals surface area (Å²) in [6.07, 6.45) is 1.04. The summed E-state index contributed by atoms with van der Waals surface area (Å²) in [5.41, 5.74) is 2.43. The largest absolute Gasteiger partial charge is 0.488 e. The number of likely N-dealkylation sites (N-methyl/N-ethyl adjacent to an activating group) is 1. The molecular weight excluding hydrogens is 270 g/mol. The van der Waals surface area contributed by atoms with Crippen molar-refractivity contribution in [3.8, 4) is 5.75 Å². The van der Waals surface area contributed by atoms with E-state index >= 15 is 0 Å². The number of fused-ring (bicyclic) bond motifs is 1. The Morgan fingerprint density at radius 2 is 2.19 bits per heavy atom. The fraction of sp³-hybridized carbons (Fsp3) is 0.400. The number of amides is 1. The van der Waals surface area contributed by atoms with Crippen molar-refractivity contribution in [2.24, 2.45) is 0 Å². The van der Waals surface area contributed by atoms with Crippen molar-refractivity contribution in [3.63, 3.8) is 0 Å². The first-order chi connectivity index (χ1) is 10.1. The van der Waals surface area contributed by atoms with Gasteiger partial charge < -0.3 is 9.64 Å². The van der Waals surface area contributed by atoms with Crippen LogP contribution in [0.15, 0.2) is 28.9 Å². The van der Waals surface area contributed by atoms with Crippen LogP contribution in [0.5, 0.6) is 5.75 Å². The van der Waals surface area contributed by atoms with Crippen molar-refractivity contribution in [1.82, 2.24) is 15.2 Å². The third-order valence-electron chi connectivity index (χ3n) is 3.68. The van der Waals surface area contributed by atoms with Crippen LogP contribution in [0, 0.1) is 6.92 Å². The Bertz CT molecular complexity index is 628. The van der Waals surface area contributed by atoms with Crippen molar-refractivity contribution in [2.45, 2.75) is 25.9 Å². The van der Waals surface area contributed by atoms with Gasteiger partial charge in [-0.05, 0) is 18.6 Å². The molecule has 0 aliphatic carbocycles. The van der Waals surface area contributed by atoms with Gasteiger partial charge in [-0.15, -0.1) is 0 Å². The number of para-hydroxylation sites is 1. The summed E-state index contributed by atoms with van der Waals surface area (Å²) in [6, 6.07) is 7.97. The average Bonchev–Trinajstić information content (AvgIpc) is 3.04. The molecule has 6 nitrogen and oxygen atoms in total. The van der Waals surface area contributed by atoms with Crippen LogP contribution >= 0.6 is 0 Å². The summed E-state index contributed by atoms with van der Waals surface area (Å²) in [5.74, 6) is 0.897. The van der Waals surface area contributed by atoms with Crippen LogP contribution in [0.1, 0.15) is 17.0 Å². The molecule has 6 heteroatoms. The van der Waals surface area contributed by atoms with Crippen LogP contribution in [0.3, 0.4) is 0 Å². The minimum absolute atomic E-state index is 0.00730. The highest BCUT2D eigenvalue weighted by molar-refractivity contribution is 5.78. The molecule has 3 rings (SSSR count). The monoisotopic (exact) mass is 287 g/mol. The number of benzene rings is 1. The van der Waals surface area contributed by atoms with Crippen LogP contribution in [-0.4, -0.2) is 40.8 Å². The second-order valence-corrected chi connectivity index (χ2v) is 5.30. The molecule has 1 atom stereocenters. The molecule has 0 saturated carbocycles. The molecule has 1 aliphatic rings. The third kappa shape index (κ3) is 2.89. The molecule has 2 aromatic rings. The summed E-state index contributed by atoms with van der Waals surface area (Å²) < 4.78 is 10.5. The van der Waals surface area contributed by atoms with E-state index in [2.05, 4.69) is 21.0 Å². The first-order valence-electron chi connectivity index (χ1n) is 6.90. The van der Waals surface area contributed by atoms with Gasteiger partial charge in [0.2, 0.25) is 5.91 Å². The molecule has 0 saturated heterocycles. The summed E-state index contributed by atoms with van der Waals surface area (Å²) in [4.78, 5) is 13.9. The van der Waals surface area contributed by atoms with Gasteiger partial charge in [0.05, 0.1) is 13.0 Å². The number of rotatable bonds is 4. The number of hydrogen-bond acceptors (Lipinski definition) is 5. The van der Waals surface area contributed by atoms with E-state index in [0.29, 0.717) is 17.9 Å². The zero-order chi connectivity index (χ0) is 14.8. The van der Waals surface area contributed by atoms with Crippen molar-refractivity contribution >= 4 is 5.91 Å². The van der Waals surface area contributed by atoms with E-state index in [1.807, 2.05) is 18.2 Å². The average molecular weight is 287 g/mol. The lowest BCUT2D eigenvalue weighted by Gasteiger charge is -2.20. The van der Waals surface area contributed by atoms with E-state index in [1.165, 1.54) is 5.56 Å². The van der Waals surface area contributed by atoms with Gasteiger partial charge in [-0.1, -0.05) is 28.5 Å². The van der Waals surface area contributed by atoms with Gasteiger partial charge in [0.1, 0.15) is 23.2 Å². The number of nitrogens with zero attached hydrogens (tertiary/aromatic N) is 3. The molecule has 1 aromatic heterocycles. The smallest absolute Gasteiger partial charge is 0.228 e. The first-order valence-corrected chi connectivity index (χ1v) is 6.90. The molecule has 0 spiro atoms. The Morgan fingerprint density at radius 3 is 2.90 bits per heavy atom. The predicted octanol–water partition coefficient (Wildman–Crippen LogP) is 1.38. The maximum absolute atomic E-state index is 12.2. The molecule has 1 aliphatic heterocycles. The highest BCUT2D eigenvalue weighted by Gasteiger charge is 2.25. The van der Waals surface area contributed by atoms with E-state index in [0.717, 1.165) is 12.2 Å². The summed E-state index contributed by atoms with van der Waals surface area (Å²) in [6.45, 7) is 2.33. The Kier molecular flexibility index (Phi) is 3.60. The minimum atomic E-state index is -0.0200. The van der Waals surface area contributed by atoms with Gasteiger partial charge in [-0.2, -0.15) is 0 Å². The maximum atomic E-state index is 12.2. The van der Waals surface area contributed by atoms with Crippen molar-refractivity contribution in [1.29, 1.82) is 0 Å². The number of aryl methyl sites for hydroxylation is 1. The molecule has 1 unspecified atom stereocenters. The number of aromatic nitrogens is 2. The Balaban J connectivity index is 1.56. The molecule has 110 valence electrons. The van der Waals surface area contributed by atoms with E-state index in [9.17, 15) is 4.79 Å². The molecule has 2 heterocycles. The fourth-order valence-electron chi connectivity index (χ4n) is 2.45. The Labute approximate surface area is 122 Å². The lowest BCUT2D eigenvalue weighted by molar-refractivity contribution is -0.130. The SMILES string of the molecule is Cc1nonc1CC(=O)N(C)CC1Cc2ccccc2O1. The van der Waals surface area contributed by atoms with E-state index < -0.39 is 0 Å². The fourth-order valence-corrected chi connectivity index (χ4v) is 2.45. The zero-order valence-electron chi connectivity index (χ0n) is 12.1. The molecule has 1 amide bonds. The van der Waals surface area contributed by atoms with E-state index in [1.54, 1.807) is 18.9 Å². The van der Waals surface area contributed by atoms with Crippen molar-refractivity contribution in [2.75, 3.05) is 13.6 Å². The standard InChI is InChI=1S/C15H17N3O3/c1-10-13(17-21-16-10)8-15(19)18(2)9-12-7-11-5-3-4-6-14(11)20-12/h3-6,12H,7-9H2,1-2H3. The zero-order valence-corrected chi connectivity index (χ0v) is 12.1. The van der Waals surface area contributed by atoms with E-state index in [4.69, 9.17) is 4.74 Å². The van der Waals surface area contributed by atoms with Crippen molar-refractivity contribution < 1.29 is 14.2 Å². The number of ether oxygens (including phenoxy) is 1. The molecule has 0 fully saturated rings. The second kappa shape index (κ2) is 5.55. The first kappa shape index (κ1) is 13.6. The lowest BCUT2D eigenvalue weighted by Crippen LogP contribution is -2.37.